The summed E-state index contributed by atoms with van der Waals surface area (Å²) in [6.45, 7) is 5.50. The SMILES string of the molecule is CC1CCC(N)(Cc2cc(Br)cc3c2OCC3)CC1C. The standard InChI is InChI=1S/C17H24BrNO/c1-11-3-5-17(19,9-12(11)2)10-14-8-15(18)7-13-4-6-20-16(13)14/h7-8,11-12H,3-6,9-10,19H2,1-2H3. The third kappa shape index (κ3) is 2.75. The van der Waals surface area contributed by atoms with Crippen molar-refractivity contribution in [1.29, 1.82) is 0 Å². The highest BCUT2D eigenvalue weighted by molar-refractivity contribution is 9.10. The maximum Gasteiger partial charge on any atom is 0.125 e. The molecule has 3 rings (SSSR count). The van der Waals surface area contributed by atoms with Gasteiger partial charge in [-0.15, -0.1) is 0 Å². The monoisotopic (exact) mass is 337 g/mol. The average molecular weight is 338 g/mol. The lowest BCUT2D eigenvalue weighted by molar-refractivity contribution is 0.175. The van der Waals surface area contributed by atoms with Crippen LogP contribution in [0.4, 0.5) is 0 Å². The highest BCUT2D eigenvalue weighted by Crippen LogP contribution is 2.40. The first-order chi connectivity index (χ1) is 9.47. The molecule has 1 aliphatic heterocycles. The van der Waals surface area contributed by atoms with Crippen molar-refractivity contribution in [2.45, 2.75) is 51.5 Å². The van der Waals surface area contributed by atoms with Crippen LogP contribution in [0.2, 0.25) is 0 Å². The molecular formula is C17H24BrNO. The summed E-state index contributed by atoms with van der Waals surface area (Å²) >= 11 is 3.62. The number of rotatable bonds is 2. The Bertz CT molecular complexity index is 516. The molecule has 3 heteroatoms. The number of hydrogen-bond acceptors (Lipinski definition) is 2. The van der Waals surface area contributed by atoms with E-state index in [1.807, 2.05) is 0 Å². The molecule has 0 amide bonds. The number of benzene rings is 1. The molecule has 2 aliphatic rings. The van der Waals surface area contributed by atoms with Gasteiger partial charge in [-0.25, -0.2) is 0 Å². The van der Waals surface area contributed by atoms with Gasteiger partial charge in [-0.1, -0.05) is 29.8 Å². The van der Waals surface area contributed by atoms with E-state index in [-0.39, 0.29) is 5.54 Å². The van der Waals surface area contributed by atoms with E-state index < -0.39 is 0 Å². The van der Waals surface area contributed by atoms with E-state index in [0.717, 1.165) is 54.3 Å². The lowest BCUT2D eigenvalue weighted by Gasteiger charge is -2.40. The van der Waals surface area contributed by atoms with Crippen LogP contribution in [0.25, 0.3) is 0 Å². The lowest BCUT2D eigenvalue weighted by Crippen LogP contribution is -2.47. The number of hydrogen-bond donors (Lipinski definition) is 1. The summed E-state index contributed by atoms with van der Waals surface area (Å²) in [5, 5.41) is 0. The highest BCUT2D eigenvalue weighted by atomic mass is 79.9. The molecule has 20 heavy (non-hydrogen) atoms. The first kappa shape index (κ1) is 14.4. The largest absolute Gasteiger partial charge is 0.493 e. The quantitative estimate of drug-likeness (QED) is 0.882. The van der Waals surface area contributed by atoms with Crippen LogP contribution in [0.5, 0.6) is 5.75 Å². The Morgan fingerprint density at radius 2 is 2.15 bits per heavy atom. The molecule has 1 heterocycles. The molecule has 0 radical (unpaired) electrons. The van der Waals surface area contributed by atoms with Crippen LogP contribution in [-0.4, -0.2) is 12.1 Å². The van der Waals surface area contributed by atoms with Gasteiger partial charge in [0.15, 0.2) is 0 Å². The minimum Gasteiger partial charge on any atom is -0.493 e. The lowest BCUT2D eigenvalue weighted by atomic mass is 9.69. The Labute approximate surface area is 130 Å². The van der Waals surface area contributed by atoms with Crippen molar-refractivity contribution in [2.75, 3.05) is 6.61 Å². The van der Waals surface area contributed by atoms with Gasteiger partial charge < -0.3 is 10.5 Å². The van der Waals surface area contributed by atoms with Crippen molar-refractivity contribution in [3.8, 4) is 5.75 Å². The van der Waals surface area contributed by atoms with Gasteiger partial charge in [-0.05, 0) is 60.8 Å². The summed E-state index contributed by atoms with van der Waals surface area (Å²) in [4.78, 5) is 0. The average Bonchev–Trinajstić information content (AvgIpc) is 2.82. The van der Waals surface area contributed by atoms with Crippen LogP contribution < -0.4 is 10.5 Å². The number of nitrogens with two attached hydrogens (primary N) is 1. The van der Waals surface area contributed by atoms with Gasteiger partial charge in [0, 0.05) is 16.4 Å². The Kier molecular flexibility index (Phi) is 3.85. The normalized spacial score (nSPS) is 32.8. The molecule has 2 nitrogen and oxygen atoms in total. The van der Waals surface area contributed by atoms with Crippen LogP contribution in [0.15, 0.2) is 16.6 Å². The Morgan fingerprint density at radius 3 is 2.90 bits per heavy atom. The Balaban J connectivity index is 1.84. The molecule has 1 aromatic carbocycles. The van der Waals surface area contributed by atoms with Crippen LogP contribution in [-0.2, 0) is 12.8 Å². The zero-order chi connectivity index (χ0) is 14.3. The molecule has 1 aliphatic carbocycles. The fraction of sp³-hybridized carbons (Fsp3) is 0.647. The molecular weight excluding hydrogens is 314 g/mol. The molecule has 1 aromatic rings. The second-order valence-electron chi connectivity index (χ2n) is 6.89. The molecule has 0 bridgehead atoms. The van der Waals surface area contributed by atoms with Crippen molar-refractivity contribution < 1.29 is 4.74 Å². The zero-order valence-corrected chi connectivity index (χ0v) is 14.0. The van der Waals surface area contributed by atoms with Crippen LogP contribution in [0.1, 0.15) is 44.2 Å². The maximum atomic E-state index is 6.72. The van der Waals surface area contributed by atoms with E-state index in [1.165, 1.54) is 17.5 Å². The van der Waals surface area contributed by atoms with Crippen LogP contribution in [0.3, 0.4) is 0 Å². The fourth-order valence-electron chi connectivity index (χ4n) is 3.76. The van der Waals surface area contributed by atoms with Gasteiger partial charge >= 0.3 is 0 Å². The van der Waals surface area contributed by atoms with E-state index in [2.05, 4.69) is 41.9 Å². The molecule has 0 saturated heterocycles. The molecule has 1 saturated carbocycles. The summed E-state index contributed by atoms with van der Waals surface area (Å²) < 4.78 is 6.99. The van der Waals surface area contributed by atoms with Crippen molar-refractivity contribution >= 4 is 15.9 Å². The van der Waals surface area contributed by atoms with Crippen molar-refractivity contribution in [2.24, 2.45) is 17.6 Å². The second-order valence-corrected chi connectivity index (χ2v) is 7.80. The van der Waals surface area contributed by atoms with E-state index in [4.69, 9.17) is 10.5 Å². The molecule has 0 spiro atoms. The van der Waals surface area contributed by atoms with E-state index in [0.29, 0.717) is 0 Å². The molecule has 3 atom stereocenters. The van der Waals surface area contributed by atoms with Gasteiger partial charge in [0.05, 0.1) is 6.61 Å². The second kappa shape index (κ2) is 5.34. The zero-order valence-electron chi connectivity index (χ0n) is 12.4. The third-order valence-electron chi connectivity index (χ3n) is 5.17. The van der Waals surface area contributed by atoms with Crippen LogP contribution in [0, 0.1) is 11.8 Å². The fourth-order valence-corrected chi connectivity index (χ4v) is 4.31. The van der Waals surface area contributed by atoms with Crippen molar-refractivity contribution in [3.63, 3.8) is 0 Å². The number of halogens is 1. The summed E-state index contributed by atoms with van der Waals surface area (Å²) in [6.07, 6.45) is 5.45. The predicted octanol–water partition coefficient (Wildman–Crippen LogP) is 4.08. The minimum absolute atomic E-state index is 0.0631. The van der Waals surface area contributed by atoms with Crippen molar-refractivity contribution in [1.82, 2.24) is 0 Å². The molecule has 3 unspecified atom stereocenters. The molecule has 110 valence electrons. The van der Waals surface area contributed by atoms with Crippen LogP contribution >= 0.6 is 15.9 Å². The van der Waals surface area contributed by atoms with Gasteiger partial charge in [-0.2, -0.15) is 0 Å². The van der Waals surface area contributed by atoms with Gasteiger partial charge in [0.25, 0.3) is 0 Å². The molecule has 1 fully saturated rings. The number of ether oxygens (including phenoxy) is 1. The van der Waals surface area contributed by atoms with Gasteiger partial charge in [0.2, 0.25) is 0 Å². The molecule has 2 N–H and O–H groups in total. The summed E-state index contributed by atoms with van der Waals surface area (Å²) in [6, 6.07) is 4.38. The van der Waals surface area contributed by atoms with E-state index in [1.54, 1.807) is 0 Å². The minimum atomic E-state index is -0.0631. The van der Waals surface area contributed by atoms with Gasteiger partial charge in [0.1, 0.15) is 5.75 Å². The Hall–Kier alpha value is -0.540. The summed E-state index contributed by atoms with van der Waals surface area (Å²) in [5.41, 5.74) is 9.27. The predicted molar refractivity (Wildman–Crippen MR) is 86.1 cm³/mol. The van der Waals surface area contributed by atoms with E-state index in [9.17, 15) is 0 Å². The highest BCUT2D eigenvalue weighted by Gasteiger charge is 2.35. The summed E-state index contributed by atoms with van der Waals surface area (Å²) in [5.74, 6) is 2.62. The third-order valence-corrected chi connectivity index (χ3v) is 5.62. The first-order valence-corrected chi connectivity index (χ1v) is 8.49. The molecule has 0 aromatic heterocycles. The van der Waals surface area contributed by atoms with E-state index >= 15 is 0 Å². The Morgan fingerprint density at radius 1 is 1.35 bits per heavy atom. The first-order valence-electron chi connectivity index (χ1n) is 7.70. The maximum absolute atomic E-state index is 6.72. The number of fused-ring (bicyclic) bond motifs is 1. The topological polar surface area (TPSA) is 35.2 Å². The summed E-state index contributed by atoms with van der Waals surface area (Å²) in [7, 11) is 0. The van der Waals surface area contributed by atoms with Crippen molar-refractivity contribution in [3.05, 3.63) is 27.7 Å². The smallest absolute Gasteiger partial charge is 0.125 e. The van der Waals surface area contributed by atoms with Gasteiger partial charge in [-0.3, -0.25) is 0 Å².